The molecule has 0 unspecified atom stereocenters. The van der Waals surface area contributed by atoms with Crippen LogP contribution in [0.2, 0.25) is 0 Å². The van der Waals surface area contributed by atoms with E-state index in [-0.39, 0.29) is 24.0 Å². The van der Waals surface area contributed by atoms with Crippen LogP contribution < -0.4 is 16.0 Å². The largest absolute Gasteiger partial charge is 0.372 e. The molecule has 0 atom stereocenters. The molecule has 9 heteroatoms. The number of rotatable bonds is 9. The predicted octanol–water partition coefficient (Wildman–Crippen LogP) is 2.36. The zero-order valence-electron chi connectivity index (χ0n) is 16.3. The van der Waals surface area contributed by atoms with Gasteiger partial charge in [0.15, 0.2) is 5.16 Å². The van der Waals surface area contributed by atoms with E-state index in [1.807, 2.05) is 16.7 Å². The molecule has 2 fully saturated rings. The molecule has 1 aliphatic heterocycles. The van der Waals surface area contributed by atoms with Crippen molar-refractivity contribution in [2.45, 2.75) is 49.7 Å². The van der Waals surface area contributed by atoms with E-state index in [1.54, 1.807) is 0 Å². The normalized spacial score (nSPS) is 16.2. The summed E-state index contributed by atoms with van der Waals surface area (Å²) >= 11 is 1.33. The Balaban J connectivity index is 1.33. The summed E-state index contributed by atoms with van der Waals surface area (Å²) < 4.78 is 1.94. The maximum atomic E-state index is 12.4. The molecule has 2 heterocycles. The van der Waals surface area contributed by atoms with Crippen LogP contribution in [0.1, 0.15) is 43.8 Å². The first-order chi connectivity index (χ1) is 14.1. The minimum Gasteiger partial charge on any atom is -0.372 e. The zero-order valence-corrected chi connectivity index (χ0v) is 17.2. The van der Waals surface area contributed by atoms with Crippen LogP contribution in [-0.2, 0) is 16.1 Å². The molecular weight excluding hydrogens is 388 g/mol. The molecule has 1 aromatic carbocycles. The molecule has 1 saturated carbocycles. The van der Waals surface area contributed by atoms with Crippen LogP contribution in [0.3, 0.4) is 0 Å². The van der Waals surface area contributed by atoms with E-state index in [0.717, 1.165) is 37.4 Å². The van der Waals surface area contributed by atoms with Crippen LogP contribution in [0.4, 0.5) is 11.4 Å². The summed E-state index contributed by atoms with van der Waals surface area (Å²) in [6, 6.07) is 7.99. The van der Waals surface area contributed by atoms with Crippen molar-refractivity contribution in [3.8, 4) is 0 Å². The maximum Gasteiger partial charge on any atom is 0.234 e. The molecule has 1 saturated heterocycles. The molecule has 3 N–H and O–H groups in total. The third kappa shape index (κ3) is 5.09. The van der Waals surface area contributed by atoms with Crippen molar-refractivity contribution in [1.82, 2.24) is 14.8 Å². The van der Waals surface area contributed by atoms with Crippen LogP contribution in [0.5, 0.6) is 0 Å². The van der Waals surface area contributed by atoms with Crippen LogP contribution in [-0.4, -0.2) is 45.4 Å². The number of benzene rings is 1. The molecule has 154 valence electrons. The lowest BCUT2D eigenvalue weighted by atomic mass is 10.2. The highest BCUT2D eigenvalue weighted by Crippen LogP contribution is 2.40. The zero-order chi connectivity index (χ0) is 20.2. The smallest absolute Gasteiger partial charge is 0.234 e. The van der Waals surface area contributed by atoms with Gasteiger partial charge in [0.1, 0.15) is 5.82 Å². The molecule has 0 bridgehead atoms. The van der Waals surface area contributed by atoms with E-state index in [2.05, 4.69) is 32.5 Å². The van der Waals surface area contributed by atoms with Gasteiger partial charge in [0.05, 0.1) is 5.75 Å². The van der Waals surface area contributed by atoms with Gasteiger partial charge in [-0.1, -0.05) is 11.8 Å². The Kier molecular flexibility index (Phi) is 6.03. The van der Waals surface area contributed by atoms with E-state index < -0.39 is 0 Å². The lowest BCUT2D eigenvalue weighted by Gasteiger charge is -2.17. The lowest BCUT2D eigenvalue weighted by Crippen LogP contribution is -2.18. The lowest BCUT2D eigenvalue weighted by molar-refractivity contribution is -0.118. The third-order valence-electron chi connectivity index (χ3n) is 5.22. The van der Waals surface area contributed by atoms with E-state index in [9.17, 15) is 9.59 Å². The monoisotopic (exact) mass is 414 g/mol. The van der Waals surface area contributed by atoms with Gasteiger partial charge in [-0.3, -0.25) is 9.59 Å². The average molecular weight is 415 g/mol. The number of nitrogens with two attached hydrogens (primary N) is 1. The number of hydrogen-bond acceptors (Lipinski definition) is 6. The average Bonchev–Trinajstić information content (AvgIpc) is 3.25. The SMILES string of the molecule is NC(=O)CCn1c(SCC(=O)Nc2ccc(N3CCCC3)cc2)nnc1C1CC1. The van der Waals surface area contributed by atoms with Gasteiger partial charge in [0.2, 0.25) is 11.8 Å². The Labute approximate surface area is 174 Å². The molecule has 2 amide bonds. The van der Waals surface area contributed by atoms with Gasteiger partial charge in [-0.2, -0.15) is 0 Å². The number of primary amides is 1. The second kappa shape index (κ2) is 8.86. The second-order valence-electron chi connectivity index (χ2n) is 7.56. The van der Waals surface area contributed by atoms with Crippen molar-refractivity contribution in [2.75, 3.05) is 29.1 Å². The van der Waals surface area contributed by atoms with Crippen molar-refractivity contribution >= 4 is 35.0 Å². The fourth-order valence-electron chi connectivity index (χ4n) is 3.54. The maximum absolute atomic E-state index is 12.4. The summed E-state index contributed by atoms with van der Waals surface area (Å²) in [4.78, 5) is 25.9. The van der Waals surface area contributed by atoms with Crippen molar-refractivity contribution in [2.24, 2.45) is 5.73 Å². The fraction of sp³-hybridized carbons (Fsp3) is 0.500. The summed E-state index contributed by atoms with van der Waals surface area (Å²) in [5.41, 5.74) is 7.28. The van der Waals surface area contributed by atoms with E-state index in [1.165, 1.54) is 30.3 Å². The molecular formula is C20H26N6O2S. The minimum atomic E-state index is -0.355. The highest BCUT2D eigenvalue weighted by Gasteiger charge is 2.30. The topological polar surface area (TPSA) is 106 Å². The standard InChI is InChI=1S/C20H26N6O2S/c21-17(27)9-12-26-19(14-3-4-14)23-24-20(26)29-13-18(28)22-15-5-7-16(8-6-15)25-10-1-2-11-25/h5-8,14H,1-4,9-13H2,(H2,21,27)(H,22,28). The molecule has 0 spiro atoms. The van der Waals surface area contributed by atoms with Gasteiger partial charge in [0.25, 0.3) is 0 Å². The summed E-state index contributed by atoms with van der Waals surface area (Å²) in [6.07, 6.45) is 4.89. The Bertz CT molecular complexity index is 872. The summed E-state index contributed by atoms with van der Waals surface area (Å²) in [7, 11) is 0. The van der Waals surface area contributed by atoms with Crippen LogP contribution in [0.15, 0.2) is 29.4 Å². The molecule has 29 heavy (non-hydrogen) atoms. The fourth-order valence-corrected chi connectivity index (χ4v) is 4.31. The quantitative estimate of drug-likeness (QED) is 0.610. The number of thioether (sulfide) groups is 1. The van der Waals surface area contributed by atoms with E-state index >= 15 is 0 Å². The highest BCUT2D eigenvalue weighted by atomic mass is 32.2. The van der Waals surface area contributed by atoms with Crippen molar-refractivity contribution in [3.63, 3.8) is 0 Å². The van der Waals surface area contributed by atoms with Crippen molar-refractivity contribution < 1.29 is 9.59 Å². The van der Waals surface area contributed by atoms with Crippen LogP contribution >= 0.6 is 11.8 Å². The molecule has 1 aromatic heterocycles. The minimum absolute atomic E-state index is 0.0960. The third-order valence-corrected chi connectivity index (χ3v) is 6.19. The Hall–Kier alpha value is -2.55. The number of hydrogen-bond donors (Lipinski definition) is 2. The molecule has 2 aliphatic rings. The number of nitrogens with zero attached hydrogens (tertiary/aromatic N) is 4. The number of aromatic nitrogens is 3. The van der Waals surface area contributed by atoms with E-state index in [0.29, 0.717) is 17.6 Å². The highest BCUT2D eigenvalue weighted by molar-refractivity contribution is 7.99. The Morgan fingerprint density at radius 2 is 1.86 bits per heavy atom. The summed E-state index contributed by atoms with van der Waals surface area (Å²) in [5.74, 6) is 1.08. The molecule has 4 rings (SSSR count). The van der Waals surface area contributed by atoms with Gasteiger partial charge in [0, 0.05) is 43.3 Å². The van der Waals surface area contributed by atoms with Crippen LogP contribution in [0, 0.1) is 0 Å². The number of anilines is 2. The predicted molar refractivity (Wildman–Crippen MR) is 113 cm³/mol. The first-order valence-corrected chi connectivity index (χ1v) is 11.1. The van der Waals surface area contributed by atoms with Crippen molar-refractivity contribution in [3.05, 3.63) is 30.1 Å². The van der Waals surface area contributed by atoms with Gasteiger partial charge in [-0.15, -0.1) is 10.2 Å². The van der Waals surface area contributed by atoms with Gasteiger partial charge < -0.3 is 20.5 Å². The second-order valence-corrected chi connectivity index (χ2v) is 8.50. The van der Waals surface area contributed by atoms with E-state index in [4.69, 9.17) is 5.73 Å². The Morgan fingerprint density at radius 1 is 1.14 bits per heavy atom. The first kappa shape index (κ1) is 19.8. The number of carbonyl (C=O) groups is 2. The first-order valence-electron chi connectivity index (χ1n) is 10.1. The Morgan fingerprint density at radius 3 is 2.52 bits per heavy atom. The molecule has 8 nitrogen and oxygen atoms in total. The van der Waals surface area contributed by atoms with Gasteiger partial charge >= 0.3 is 0 Å². The molecule has 1 aliphatic carbocycles. The number of nitrogens with one attached hydrogen (secondary N) is 1. The van der Waals surface area contributed by atoms with Crippen LogP contribution in [0.25, 0.3) is 0 Å². The van der Waals surface area contributed by atoms with Crippen molar-refractivity contribution in [1.29, 1.82) is 0 Å². The van der Waals surface area contributed by atoms with Gasteiger partial charge in [-0.05, 0) is 49.9 Å². The number of carbonyl (C=O) groups excluding carboxylic acids is 2. The molecule has 2 aromatic rings. The number of amides is 2. The summed E-state index contributed by atoms with van der Waals surface area (Å²) in [6.45, 7) is 2.65. The molecule has 0 radical (unpaired) electrons. The summed E-state index contributed by atoms with van der Waals surface area (Å²) in [5, 5.41) is 12.1. The van der Waals surface area contributed by atoms with Gasteiger partial charge in [-0.25, -0.2) is 0 Å².